The van der Waals surface area contributed by atoms with Crippen LogP contribution < -0.4 is 0 Å². The highest BCUT2D eigenvalue weighted by Gasteiger charge is 2.30. The number of nitrogens with zero attached hydrogens (tertiary/aromatic N) is 3. The van der Waals surface area contributed by atoms with E-state index < -0.39 is 11.9 Å². The second-order valence-corrected chi connectivity index (χ2v) is 4.40. The molecule has 1 saturated heterocycles. The van der Waals surface area contributed by atoms with Crippen molar-refractivity contribution < 1.29 is 19.2 Å². The number of carbonyl (C=O) groups excluding carboxylic acids is 1. The van der Waals surface area contributed by atoms with E-state index in [1.807, 2.05) is 0 Å². The van der Waals surface area contributed by atoms with Gasteiger partial charge in [0.05, 0.1) is 5.92 Å². The summed E-state index contributed by atoms with van der Waals surface area (Å²) in [6.45, 7) is 2.53. The van der Waals surface area contributed by atoms with Crippen molar-refractivity contribution in [2.75, 3.05) is 13.1 Å². The molecule has 0 radical (unpaired) electrons. The average molecular weight is 253 g/mol. The van der Waals surface area contributed by atoms with Gasteiger partial charge in [0.2, 0.25) is 11.8 Å². The molecule has 1 amide bonds. The first-order valence-corrected chi connectivity index (χ1v) is 5.86. The van der Waals surface area contributed by atoms with Crippen LogP contribution in [0, 0.1) is 12.8 Å². The van der Waals surface area contributed by atoms with Gasteiger partial charge in [-0.05, 0) is 13.3 Å². The van der Waals surface area contributed by atoms with Gasteiger partial charge in [0.25, 0.3) is 0 Å². The Morgan fingerprint density at radius 2 is 2.33 bits per heavy atom. The fraction of sp³-hybridized carbons (Fsp3) is 0.636. The topological polar surface area (TPSA) is 96.5 Å². The van der Waals surface area contributed by atoms with Crippen LogP contribution in [-0.2, 0) is 16.0 Å². The zero-order chi connectivity index (χ0) is 13.1. The standard InChI is InChI=1S/C11H15N3O4/c1-7-12-9(18-13-7)2-3-10(15)14-5-4-8(6-14)11(16)17/h8H,2-6H2,1H3,(H,16,17). The van der Waals surface area contributed by atoms with Gasteiger partial charge in [0.15, 0.2) is 5.82 Å². The molecular weight excluding hydrogens is 238 g/mol. The molecule has 1 N–H and O–H groups in total. The minimum atomic E-state index is -0.835. The van der Waals surface area contributed by atoms with E-state index in [9.17, 15) is 9.59 Å². The molecule has 18 heavy (non-hydrogen) atoms. The maximum absolute atomic E-state index is 11.8. The molecule has 2 rings (SSSR count). The molecule has 7 nitrogen and oxygen atoms in total. The zero-order valence-corrected chi connectivity index (χ0v) is 10.1. The van der Waals surface area contributed by atoms with E-state index in [4.69, 9.17) is 9.63 Å². The lowest BCUT2D eigenvalue weighted by atomic mass is 10.1. The van der Waals surface area contributed by atoms with Crippen LogP contribution >= 0.6 is 0 Å². The van der Waals surface area contributed by atoms with Gasteiger partial charge in [-0.15, -0.1) is 0 Å². The number of carboxylic acids is 1. The number of likely N-dealkylation sites (tertiary alicyclic amines) is 1. The van der Waals surface area contributed by atoms with Crippen LogP contribution in [0.4, 0.5) is 0 Å². The van der Waals surface area contributed by atoms with Crippen molar-refractivity contribution in [3.05, 3.63) is 11.7 Å². The summed E-state index contributed by atoms with van der Waals surface area (Å²) in [4.78, 5) is 28.2. The Morgan fingerprint density at radius 1 is 1.56 bits per heavy atom. The Bertz CT molecular complexity index is 457. The summed E-state index contributed by atoms with van der Waals surface area (Å²) in [5.41, 5.74) is 0. The lowest BCUT2D eigenvalue weighted by Gasteiger charge is -2.14. The van der Waals surface area contributed by atoms with E-state index in [1.54, 1.807) is 11.8 Å². The van der Waals surface area contributed by atoms with Crippen LogP contribution in [-0.4, -0.2) is 45.1 Å². The Hall–Kier alpha value is -1.92. The zero-order valence-electron chi connectivity index (χ0n) is 10.1. The molecule has 98 valence electrons. The third kappa shape index (κ3) is 2.85. The maximum atomic E-state index is 11.8. The highest BCUT2D eigenvalue weighted by molar-refractivity contribution is 5.78. The van der Waals surface area contributed by atoms with Gasteiger partial charge >= 0.3 is 5.97 Å². The molecule has 1 unspecified atom stereocenters. The van der Waals surface area contributed by atoms with Crippen molar-refractivity contribution in [3.63, 3.8) is 0 Å². The SMILES string of the molecule is Cc1noc(CCC(=O)N2CCC(C(=O)O)C2)n1. The first-order chi connectivity index (χ1) is 8.56. The Balaban J connectivity index is 1.80. The van der Waals surface area contributed by atoms with Crippen LogP contribution in [0.5, 0.6) is 0 Å². The van der Waals surface area contributed by atoms with Gasteiger partial charge in [0, 0.05) is 25.9 Å². The molecule has 0 aliphatic carbocycles. The predicted octanol–water partition coefficient (Wildman–Crippen LogP) is 0.244. The molecule has 1 aliphatic heterocycles. The monoisotopic (exact) mass is 253 g/mol. The van der Waals surface area contributed by atoms with Crippen molar-refractivity contribution in [2.24, 2.45) is 5.92 Å². The summed E-state index contributed by atoms with van der Waals surface area (Å²) in [6, 6.07) is 0. The number of hydrogen-bond donors (Lipinski definition) is 1. The largest absolute Gasteiger partial charge is 0.481 e. The molecule has 0 spiro atoms. The summed E-state index contributed by atoms with van der Waals surface area (Å²) >= 11 is 0. The van der Waals surface area contributed by atoms with E-state index >= 15 is 0 Å². The van der Waals surface area contributed by atoms with E-state index in [2.05, 4.69) is 10.1 Å². The third-order valence-corrected chi connectivity index (χ3v) is 3.01. The molecule has 1 aliphatic rings. The van der Waals surface area contributed by atoms with Crippen molar-refractivity contribution >= 4 is 11.9 Å². The molecule has 2 heterocycles. The Kier molecular flexibility index (Phi) is 3.59. The van der Waals surface area contributed by atoms with Crippen molar-refractivity contribution in [1.29, 1.82) is 0 Å². The highest BCUT2D eigenvalue weighted by atomic mass is 16.5. The van der Waals surface area contributed by atoms with Gasteiger partial charge < -0.3 is 14.5 Å². The summed E-state index contributed by atoms with van der Waals surface area (Å²) in [5.74, 6) is -0.341. The summed E-state index contributed by atoms with van der Waals surface area (Å²) in [5, 5.41) is 12.5. The van der Waals surface area contributed by atoms with E-state index in [1.165, 1.54) is 0 Å². The van der Waals surface area contributed by atoms with Crippen molar-refractivity contribution in [1.82, 2.24) is 15.0 Å². The van der Waals surface area contributed by atoms with Crippen LogP contribution in [0.15, 0.2) is 4.52 Å². The number of aromatic nitrogens is 2. The smallest absolute Gasteiger partial charge is 0.308 e. The summed E-state index contributed by atoms with van der Waals surface area (Å²) < 4.78 is 4.91. The quantitative estimate of drug-likeness (QED) is 0.825. The van der Waals surface area contributed by atoms with Crippen molar-refractivity contribution in [3.8, 4) is 0 Å². The van der Waals surface area contributed by atoms with Gasteiger partial charge in [-0.2, -0.15) is 4.98 Å². The number of aliphatic carboxylic acids is 1. The summed E-state index contributed by atoms with van der Waals surface area (Å²) in [6.07, 6.45) is 1.20. The fourth-order valence-corrected chi connectivity index (χ4v) is 2.00. The van der Waals surface area contributed by atoms with Crippen molar-refractivity contribution in [2.45, 2.75) is 26.2 Å². The van der Waals surface area contributed by atoms with E-state index in [0.29, 0.717) is 37.6 Å². The molecule has 7 heteroatoms. The number of carboxylic acid groups (broad SMARTS) is 1. The molecule has 0 aromatic carbocycles. The van der Waals surface area contributed by atoms with Gasteiger partial charge in [-0.25, -0.2) is 0 Å². The predicted molar refractivity (Wildman–Crippen MR) is 59.7 cm³/mol. The molecule has 1 aromatic rings. The lowest BCUT2D eigenvalue weighted by Crippen LogP contribution is -2.30. The fourth-order valence-electron chi connectivity index (χ4n) is 2.00. The number of hydrogen-bond acceptors (Lipinski definition) is 5. The second kappa shape index (κ2) is 5.16. The molecule has 0 bridgehead atoms. The third-order valence-electron chi connectivity index (χ3n) is 3.01. The second-order valence-electron chi connectivity index (χ2n) is 4.40. The highest BCUT2D eigenvalue weighted by Crippen LogP contribution is 2.17. The van der Waals surface area contributed by atoms with E-state index in [0.717, 1.165) is 0 Å². The molecule has 1 fully saturated rings. The van der Waals surface area contributed by atoms with Gasteiger partial charge in [-0.1, -0.05) is 5.16 Å². The molecular formula is C11H15N3O4. The average Bonchev–Trinajstić information content (AvgIpc) is 2.94. The van der Waals surface area contributed by atoms with Gasteiger partial charge in [0.1, 0.15) is 0 Å². The summed E-state index contributed by atoms with van der Waals surface area (Å²) in [7, 11) is 0. The number of carbonyl (C=O) groups is 2. The number of amides is 1. The molecule has 1 atom stereocenters. The van der Waals surface area contributed by atoms with E-state index in [-0.39, 0.29) is 12.3 Å². The first kappa shape index (κ1) is 12.5. The minimum absolute atomic E-state index is 0.0606. The normalized spacial score (nSPS) is 19.2. The number of aryl methyl sites for hydroxylation is 2. The minimum Gasteiger partial charge on any atom is -0.481 e. The molecule has 1 aromatic heterocycles. The lowest BCUT2D eigenvalue weighted by molar-refractivity contribution is -0.141. The van der Waals surface area contributed by atoms with Crippen LogP contribution in [0.1, 0.15) is 24.6 Å². The maximum Gasteiger partial charge on any atom is 0.308 e. The molecule has 0 saturated carbocycles. The van der Waals surface area contributed by atoms with Crippen LogP contribution in [0.3, 0.4) is 0 Å². The van der Waals surface area contributed by atoms with Crippen LogP contribution in [0.25, 0.3) is 0 Å². The first-order valence-electron chi connectivity index (χ1n) is 5.86. The Labute approximate surface area is 104 Å². The number of rotatable bonds is 4. The van der Waals surface area contributed by atoms with Gasteiger partial charge in [-0.3, -0.25) is 9.59 Å². The van der Waals surface area contributed by atoms with Crippen LogP contribution in [0.2, 0.25) is 0 Å². The Morgan fingerprint density at radius 3 is 2.89 bits per heavy atom.